The van der Waals surface area contributed by atoms with Gasteiger partial charge in [-0.15, -0.1) is 0 Å². The van der Waals surface area contributed by atoms with Crippen LogP contribution >= 0.6 is 22.6 Å². The van der Waals surface area contributed by atoms with Gasteiger partial charge in [0.15, 0.2) is 0 Å². The lowest BCUT2D eigenvalue weighted by Crippen LogP contribution is -1.88. The Morgan fingerprint density at radius 3 is 3.10 bits per heavy atom. The number of hydrogen-bond acceptors (Lipinski definition) is 1. The number of pyridine rings is 1. The van der Waals surface area contributed by atoms with Crippen LogP contribution in [0.3, 0.4) is 0 Å². The molecule has 0 aliphatic heterocycles. The molecule has 1 heterocycles. The second-order valence-corrected chi connectivity index (χ2v) is 3.70. The summed E-state index contributed by atoms with van der Waals surface area (Å²) in [5.74, 6) is 0. The molecule has 0 saturated heterocycles. The molecule has 2 heteroatoms. The van der Waals surface area contributed by atoms with Crippen molar-refractivity contribution in [3.63, 3.8) is 0 Å². The predicted molar refractivity (Wildman–Crippen MR) is 49.0 cm³/mol. The average Bonchev–Trinajstić information content (AvgIpc) is 2.33. The van der Waals surface area contributed by atoms with Crippen molar-refractivity contribution >= 4 is 22.6 Å². The van der Waals surface area contributed by atoms with Crippen molar-refractivity contribution in [1.29, 1.82) is 0 Å². The van der Waals surface area contributed by atoms with Gasteiger partial charge in [0.25, 0.3) is 0 Å². The molecular weight excluding hydrogens is 237 g/mol. The van der Waals surface area contributed by atoms with Crippen LogP contribution in [0.4, 0.5) is 0 Å². The molecule has 1 nitrogen and oxygen atoms in total. The maximum atomic E-state index is 4.44. The van der Waals surface area contributed by atoms with Crippen LogP contribution in [-0.4, -0.2) is 4.98 Å². The first-order valence-electron chi connectivity index (χ1n) is 3.50. The van der Waals surface area contributed by atoms with Crippen molar-refractivity contribution in [2.24, 2.45) is 0 Å². The molecule has 10 heavy (non-hydrogen) atoms. The molecule has 0 fully saturated rings. The molecule has 0 spiro atoms. The molecule has 1 aliphatic carbocycles. The molecule has 0 N–H and O–H groups in total. The Bertz CT molecular complexity index is 257. The molecule has 0 atom stereocenters. The average molecular weight is 245 g/mol. The van der Waals surface area contributed by atoms with Crippen molar-refractivity contribution in [2.75, 3.05) is 0 Å². The lowest BCUT2D eigenvalue weighted by Gasteiger charge is -1.96. The molecule has 1 aromatic heterocycles. The second kappa shape index (κ2) is 2.49. The van der Waals surface area contributed by atoms with Crippen LogP contribution in [0.1, 0.15) is 17.7 Å². The van der Waals surface area contributed by atoms with E-state index in [1.54, 1.807) is 0 Å². The molecule has 52 valence electrons. The maximum Gasteiger partial charge on any atom is 0.101 e. The standard InChI is InChI=1S/C8H8IN/c9-8-5-4-6-2-1-3-7(6)10-8/h4-5H,1-3H2. The van der Waals surface area contributed by atoms with E-state index in [0.29, 0.717) is 0 Å². The van der Waals surface area contributed by atoms with Crippen molar-refractivity contribution in [3.8, 4) is 0 Å². The van der Waals surface area contributed by atoms with Gasteiger partial charge in [0, 0.05) is 5.69 Å². The van der Waals surface area contributed by atoms with E-state index in [1.165, 1.54) is 30.5 Å². The third-order valence-electron chi connectivity index (χ3n) is 1.89. The van der Waals surface area contributed by atoms with Gasteiger partial charge in [0.1, 0.15) is 3.70 Å². The third-order valence-corrected chi connectivity index (χ3v) is 2.49. The summed E-state index contributed by atoms with van der Waals surface area (Å²) in [5.41, 5.74) is 2.78. The highest BCUT2D eigenvalue weighted by Gasteiger charge is 2.10. The fraction of sp³-hybridized carbons (Fsp3) is 0.375. The minimum absolute atomic E-state index is 1.12. The van der Waals surface area contributed by atoms with Crippen molar-refractivity contribution in [1.82, 2.24) is 4.98 Å². The molecule has 1 aliphatic rings. The number of halogens is 1. The summed E-state index contributed by atoms with van der Waals surface area (Å²) in [6.45, 7) is 0. The Hall–Kier alpha value is -0.120. The van der Waals surface area contributed by atoms with Gasteiger partial charge >= 0.3 is 0 Å². The van der Waals surface area contributed by atoms with E-state index in [1.807, 2.05) is 0 Å². The first kappa shape index (κ1) is 6.58. The van der Waals surface area contributed by atoms with E-state index in [2.05, 4.69) is 39.7 Å². The molecular formula is C8H8IN. The zero-order valence-corrected chi connectivity index (χ0v) is 7.76. The topological polar surface area (TPSA) is 12.9 Å². The minimum atomic E-state index is 1.12. The molecule has 0 bridgehead atoms. The molecule has 0 aromatic carbocycles. The van der Waals surface area contributed by atoms with E-state index < -0.39 is 0 Å². The molecule has 0 amide bonds. The van der Waals surface area contributed by atoms with E-state index in [-0.39, 0.29) is 0 Å². The minimum Gasteiger partial charge on any atom is -0.247 e. The van der Waals surface area contributed by atoms with Crippen LogP contribution in [0.2, 0.25) is 0 Å². The van der Waals surface area contributed by atoms with E-state index >= 15 is 0 Å². The summed E-state index contributed by atoms with van der Waals surface area (Å²) < 4.78 is 1.12. The predicted octanol–water partition coefficient (Wildman–Crippen LogP) is 2.17. The largest absolute Gasteiger partial charge is 0.247 e. The van der Waals surface area contributed by atoms with Crippen LogP contribution in [-0.2, 0) is 12.8 Å². The summed E-state index contributed by atoms with van der Waals surface area (Å²) in [7, 11) is 0. The summed E-state index contributed by atoms with van der Waals surface area (Å²) in [6, 6.07) is 4.29. The van der Waals surface area contributed by atoms with E-state index in [4.69, 9.17) is 0 Å². The second-order valence-electron chi connectivity index (χ2n) is 2.59. The molecule has 0 radical (unpaired) electrons. The fourth-order valence-electron chi connectivity index (χ4n) is 1.39. The summed E-state index contributed by atoms with van der Waals surface area (Å²) >= 11 is 2.26. The van der Waals surface area contributed by atoms with Crippen molar-refractivity contribution < 1.29 is 0 Å². The van der Waals surface area contributed by atoms with Crippen LogP contribution < -0.4 is 0 Å². The van der Waals surface area contributed by atoms with Crippen LogP contribution in [0.25, 0.3) is 0 Å². The van der Waals surface area contributed by atoms with Gasteiger partial charge in [0.05, 0.1) is 0 Å². The van der Waals surface area contributed by atoms with Gasteiger partial charge in [-0.25, -0.2) is 4.98 Å². The van der Waals surface area contributed by atoms with Crippen LogP contribution in [0.5, 0.6) is 0 Å². The number of aromatic nitrogens is 1. The van der Waals surface area contributed by atoms with Crippen molar-refractivity contribution in [3.05, 3.63) is 27.1 Å². The summed E-state index contributed by atoms with van der Waals surface area (Å²) in [6.07, 6.45) is 3.72. The lowest BCUT2D eigenvalue weighted by molar-refractivity contribution is 0.898. The van der Waals surface area contributed by atoms with Gasteiger partial charge in [0.2, 0.25) is 0 Å². The molecule has 1 aromatic rings. The van der Waals surface area contributed by atoms with Gasteiger partial charge in [-0.05, 0) is 53.5 Å². The highest BCUT2D eigenvalue weighted by molar-refractivity contribution is 14.1. The van der Waals surface area contributed by atoms with Gasteiger partial charge in [-0.3, -0.25) is 0 Å². The number of rotatable bonds is 0. The Kier molecular flexibility index (Phi) is 1.64. The van der Waals surface area contributed by atoms with Crippen LogP contribution in [0.15, 0.2) is 12.1 Å². The zero-order valence-electron chi connectivity index (χ0n) is 5.60. The highest BCUT2D eigenvalue weighted by Crippen LogP contribution is 2.20. The quantitative estimate of drug-likeness (QED) is 0.504. The van der Waals surface area contributed by atoms with Crippen LogP contribution in [0, 0.1) is 3.70 Å². The normalized spacial score (nSPS) is 15.3. The Morgan fingerprint density at radius 2 is 2.20 bits per heavy atom. The summed E-state index contributed by atoms with van der Waals surface area (Å²) in [4.78, 5) is 4.44. The van der Waals surface area contributed by atoms with E-state index in [9.17, 15) is 0 Å². The first-order valence-corrected chi connectivity index (χ1v) is 4.58. The molecule has 0 saturated carbocycles. The number of aryl methyl sites for hydroxylation is 2. The van der Waals surface area contributed by atoms with Gasteiger partial charge < -0.3 is 0 Å². The lowest BCUT2D eigenvalue weighted by atomic mass is 10.2. The van der Waals surface area contributed by atoms with Gasteiger partial charge in [-0.1, -0.05) is 6.07 Å². The number of nitrogens with zero attached hydrogens (tertiary/aromatic N) is 1. The monoisotopic (exact) mass is 245 g/mol. The smallest absolute Gasteiger partial charge is 0.101 e. The molecule has 2 rings (SSSR count). The third kappa shape index (κ3) is 1.05. The maximum absolute atomic E-state index is 4.44. The first-order chi connectivity index (χ1) is 4.86. The van der Waals surface area contributed by atoms with E-state index in [0.717, 1.165) is 3.70 Å². The summed E-state index contributed by atoms with van der Waals surface area (Å²) in [5, 5.41) is 0. The Balaban J connectivity index is 2.52. The molecule has 0 unspecified atom stereocenters. The number of hydrogen-bond donors (Lipinski definition) is 0. The van der Waals surface area contributed by atoms with Crippen molar-refractivity contribution in [2.45, 2.75) is 19.3 Å². The SMILES string of the molecule is Ic1ccc2c(n1)CCC2. The fourth-order valence-corrected chi connectivity index (χ4v) is 1.86. The Labute approximate surface area is 74.0 Å². The number of fused-ring (bicyclic) bond motifs is 1. The Morgan fingerprint density at radius 1 is 1.30 bits per heavy atom. The van der Waals surface area contributed by atoms with Gasteiger partial charge in [-0.2, -0.15) is 0 Å². The zero-order chi connectivity index (χ0) is 6.97. The highest BCUT2D eigenvalue weighted by atomic mass is 127.